The van der Waals surface area contributed by atoms with Crippen LogP contribution in [-0.4, -0.2) is 34.8 Å². The molecule has 2 aromatic rings. The molecule has 0 saturated carbocycles. The van der Waals surface area contributed by atoms with E-state index in [1.807, 2.05) is 6.92 Å². The van der Waals surface area contributed by atoms with Crippen molar-refractivity contribution in [3.8, 4) is 17.2 Å². The third kappa shape index (κ3) is 3.47. The molecule has 128 valence electrons. The summed E-state index contributed by atoms with van der Waals surface area (Å²) in [6.07, 6.45) is -0.523. The first-order valence-corrected chi connectivity index (χ1v) is 8.83. The Labute approximate surface area is 141 Å². The summed E-state index contributed by atoms with van der Waals surface area (Å²) in [5.41, 5.74) is 0.975. The van der Waals surface area contributed by atoms with E-state index in [0.717, 1.165) is 5.56 Å². The van der Waals surface area contributed by atoms with Gasteiger partial charge in [-0.05, 0) is 31.2 Å². The molecule has 0 N–H and O–H groups in total. The molecule has 0 aromatic heterocycles. The van der Waals surface area contributed by atoms with E-state index in [4.69, 9.17) is 18.4 Å². The van der Waals surface area contributed by atoms with Crippen LogP contribution in [0.2, 0.25) is 0 Å². The van der Waals surface area contributed by atoms with Gasteiger partial charge in [0, 0.05) is 0 Å². The molecule has 0 spiro atoms. The van der Waals surface area contributed by atoms with Gasteiger partial charge in [0.25, 0.3) is 10.1 Å². The van der Waals surface area contributed by atoms with Crippen molar-refractivity contribution in [2.24, 2.45) is 0 Å². The Bertz CT molecular complexity index is 813. The highest BCUT2D eigenvalue weighted by Crippen LogP contribution is 2.39. The van der Waals surface area contributed by atoms with Crippen molar-refractivity contribution in [2.75, 3.05) is 20.3 Å². The first-order chi connectivity index (χ1) is 11.5. The predicted molar refractivity (Wildman–Crippen MR) is 87.2 cm³/mol. The fraction of sp³-hybridized carbons (Fsp3) is 0.294. The van der Waals surface area contributed by atoms with Gasteiger partial charge in [0.2, 0.25) is 5.75 Å². The number of hydrogen-bond acceptors (Lipinski definition) is 6. The summed E-state index contributed by atoms with van der Waals surface area (Å²) in [6, 6.07) is 11.7. The second kappa shape index (κ2) is 6.70. The van der Waals surface area contributed by atoms with Crippen molar-refractivity contribution in [1.82, 2.24) is 0 Å². The van der Waals surface area contributed by atoms with Gasteiger partial charge < -0.3 is 14.2 Å². The van der Waals surface area contributed by atoms with Crippen LogP contribution in [0.5, 0.6) is 17.2 Å². The van der Waals surface area contributed by atoms with Crippen LogP contribution in [0, 0.1) is 6.92 Å². The van der Waals surface area contributed by atoms with Crippen LogP contribution in [0.3, 0.4) is 0 Å². The smallest absolute Gasteiger partial charge is 0.297 e. The molecule has 1 aliphatic rings. The molecule has 7 heteroatoms. The van der Waals surface area contributed by atoms with E-state index in [9.17, 15) is 8.42 Å². The minimum atomic E-state index is -3.83. The lowest BCUT2D eigenvalue weighted by molar-refractivity contribution is 0.0534. The Morgan fingerprint density at radius 1 is 1.17 bits per heavy atom. The number of ether oxygens (including phenoxy) is 3. The summed E-state index contributed by atoms with van der Waals surface area (Å²) in [5, 5.41) is 0. The Balaban J connectivity index is 1.66. The summed E-state index contributed by atoms with van der Waals surface area (Å²) in [5.74, 6) is 1.58. The normalized spacial score (nSPS) is 16.7. The maximum absolute atomic E-state index is 12.2. The summed E-state index contributed by atoms with van der Waals surface area (Å²) in [4.78, 5) is 0.117. The standard InChI is InChI=1S/C17H18O6S/c1-12-6-8-14(9-7-12)24(18,19)22-11-13-10-21-17-15(20-2)4-3-5-16(17)23-13/h3-9,13H,10-11H2,1-2H3/t13-/m1/s1. The van der Waals surface area contributed by atoms with E-state index >= 15 is 0 Å². The van der Waals surface area contributed by atoms with Crippen molar-refractivity contribution in [1.29, 1.82) is 0 Å². The minimum Gasteiger partial charge on any atom is -0.493 e. The molecule has 0 radical (unpaired) electrons. The number of para-hydroxylation sites is 1. The molecule has 1 atom stereocenters. The van der Waals surface area contributed by atoms with Gasteiger partial charge in [-0.25, -0.2) is 0 Å². The molecule has 0 aliphatic carbocycles. The third-order valence-corrected chi connectivity index (χ3v) is 4.88. The fourth-order valence-corrected chi connectivity index (χ4v) is 3.24. The van der Waals surface area contributed by atoms with Crippen LogP contribution in [-0.2, 0) is 14.3 Å². The average Bonchev–Trinajstić information content (AvgIpc) is 2.59. The Kier molecular flexibility index (Phi) is 4.64. The molecule has 1 aliphatic heterocycles. The number of benzene rings is 2. The van der Waals surface area contributed by atoms with Crippen LogP contribution < -0.4 is 14.2 Å². The second-order valence-corrected chi connectivity index (χ2v) is 7.01. The van der Waals surface area contributed by atoms with Gasteiger partial charge in [-0.2, -0.15) is 8.42 Å². The van der Waals surface area contributed by atoms with Crippen molar-refractivity contribution >= 4 is 10.1 Å². The number of aryl methyl sites for hydroxylation is 1. The average molecular weight is 350 g/mol. The van der Waals surface area contributed by atoms with Gasteiger partial charge in [-0.15, -0.1) is 0 Å². The zero-order chi connectivity index (χ0) is 17.2. The summed E-state index contributed by atoms with van der Waals surface area (Å²) < 4.78 is 46.0. The Morgan fingerprint density at radius 3 is 2.62 bits per heavy atom. The largest absolute Gasteiger partial charge is 0.493 e. The lowest BCUT2D eigenvalue weighted by atomic mass is 10.2. The van der Waals surface area contributed by atoms with E-state index in [-0.39, 0.29) is 18.1 Å². The molecule has 0 amide bonds. The number of hydrogen-bond donors (Lipinski definition) is 0. The number of methoxy groups -OCH3 is 1. The highest BCUT2D eigenvalue weighted by molar-refractivity contribution is 7.86. The van der Waals surface area contributed by atoms with Gasteiger partial charge in [0.15, 0.2) is 17.6 Å². The van der Waals surface area contributed by atoms with Crippen molar-refractivity contribution in [3.05, 3.63) is 48.0 Å². The quantitative estimate of drug-likeness (QED) is 0.772. The second-order valence-electron chi connectivity index (χ2n) is 5.39. The van der Waals surface area contributed by atoms with Crippen molar-refractivity contribution in [2.45, 2.75) is 17.9 Å². The minimum absolute atomic E-state index is 0.117. The summed E-state index contributed by atoms with van der Waals surface area (Å²) in [6.45, 7) is 1.93. The SMILES string of the molecule is COc1cccc2c1OC[C@H](COS(=O)(=O)c1ccc(C)cc1)O2. The lowest BCUT2D eigenvalue weighted by Gasteiger charge is -2.27. The topological polar surface area (TPSA) is 71.1 Å². The predicted octanol–water partition coefficient (Wildman–Crippen LogP) is 2.55. The molecular formula is C17H18O6S. The third-order valence-electron chi connectivity index (χ3n) is 3.59. The van der Waals surface area contributed by atoms with Gasteiger partial charge in [0.1, 0.15) is 13.2 Å². The molecule has 0 saturated heterocycles. The zero-order valence-corrected chi connectivity index (χ0v) is 14.2. The van der Waals surface area contributed by atoms with Crippen LogP contribution in [0.1, 0.15) is 5.56 Å². The van der Waals surface area contributed by atoms with Gasteiger partial charge in [0.05, 0.1) is 12.0 Å². The van der Waals surface area contributed by atoms with E-state index < -0.39 is 16.2 Å². The van der Waals surface area contributed by atoms with E-state index in [1.54, 1.807) is 37.4 Å². The van der Waals surface area contributed by atoms with Gasteiger partial charge in [-0.3, -0.25) is 4.18 Å². The first kappa shape index (κ1) is 16.6. The van der Waals surface area contributed by atoms with E-state index in [1.165, 1.54) is 12.1 Å². The maximum atomic E-state index is 12.2. The molecule has 1 heterocycles. The molecule has 0 bridgehead atoms. The zero-order valence-electron chi connectivity index (χ0n) is 13.4. The highest BCUT2D eigenvalue weighted by Gasteiger charge is 2.26. The van der Waals surface area contributed by atoms with Gasteiger partial charge in [-0.1, -0.05) is 23.8 Å². The van der Waals surface area contributed by atoms with Crippen molar-refractivity contribution < 1.29 is 26.8 Å². The fourth-order valence-electron chi connectivity index (χ4n) is 2.30. The molecule has 24 heavy (non-hydrogen) atoms. The van der Waals surface area contributed by atoms with Gasteiger partial charge >= 0.3 is 0 Å². The molecule has 6 nitrogen and oxygen atoms in total. The molecule has 0 unspecified atom stereocenters. The van der Waals surface area contributed by atoms with Crippen molar-refractivity contribution in [3.63, 3.8) is 0 Å². The van der Waals surface area contributed by atoms with E-state index in [0.29, 0.717) is 17.2 Å². The Hall–Kier alpha value is -2.25. The summed E-state index contributed by atoms with van der Waals surface area (Å²) in [7, 11) is -2.28. The lowest BCUT2D eigenvalue weighted by Crippen LogP contribution is -2.34. The maximum Gasteiger partial charge on any atom is 0.297 e. The number of rotatable bonds is 5. The summed E-state index contributed by atoms with van der Waals surface area (Å²) >= 11 is 0. The molecular weight excluding hydrogens is 332 g/mol. The molecule has 2 aromatic carbocycles. The van der Waals surface area contributed by atoms with E-state index in [2.05, 4.69) is 0 Å². The molecule has 3 rings (SSSR count). The van der Waals surface area contributed by atoms with Crippen LogP contribution in [0.4, 0.5) is 0 Å². The monoisotopic (exact) mass is 350 g/mol. The molecule has 0 fully saturated rings. The van der Waals surface area contributed by atoms with Crippen LogP contribution in [0.25, 0.3) is 0 Å². The van der Waals surface area contributed by atoms with Crippen LogP contribution in [0.15, 0.2) is 47.4 Å². The first-order valence-electron chi connectivity index (χ1n) is 7.42. The number of fused-ring (bicyclic) bond motifs is 1. The Morgan fingerprint density at radius 2 is 1.92 bits per heavy atom. The highest BCUT2D eigenvalue weighted by atomic mass is 32.2. The van der Waals surface area contributed by atoms with Crippen LogP contribution >= 0.6 is 0 Å².